The molecule has 0 aromatic carbocycles. The van der Waals surface area contributed by atoms with E-state index in [1.165, 1.54) is 0 Å². The van der Waals surface area contributed by atoms with Gasteiger partial charge in [-0.15, -0.1) is 0 Å². The van der Waals surface area contributed by atoms with Crippen LogP contribution in [0, 0.1) is 0 Å². The predicted molar refractivity (Wildman–Crippen MR) is 26.2 cm³/mol. The van der Waals surface area contributed by atoms with Crippen molar-refractivity contribution in [2.24, 2.45) is 10.9 Å². The van der Waals surface area contributed by atoms with Crippen LogP contribution >= 0.6 is 15.9 Å². The Morgan fingerprint density at radius 1 is 2.00 bits per heavy atom. The molecule has 0 aliphatic rings. The molecule has 2 N–H and O–H groups in total. The molecule has 2 nitrogen and oxygen atoms in total. The molecule has 0 spiro atoms. The smallest absolute Gasteiger partial charge is 0.0994 e. The standard InChI is InChI=1S/C2H5BrN2/c1-2(3)5-4/h4H2,1H3. The third-order valence-corrected chi connectivity index (χ3v) is 0.383. The van der Waals surface area contributed by atoms with Crippen LogP contribution in [0.3, 0.4) is 0 Å². The monoisotopic (exact) mass is 136 g/mol. The SMILES string of the molecule is CC(Br)=NN. The van der Waals surface area contributed by atoms with Crippen LogP contribution in [-0.4, -0.2) is 4.62 Å². The van der Waals surface area contributed by atoms with Gasteiger partial charge in [0.1, 0.15) is 0 Å². The molecule has 0 saturated heterocycles. The van der Waals surface area contributed by atoms with E-state index in [2.05, 4.69) is 21.0 Å². The summed E-state index contributed by atoms with van der Waals surface area (Å²) in [6.45, 7) is 1.76. The van der Waals surface area contributed by atoms with Crippen molar-refractivity contribution in [1.82, 2.24) is 0 Å². The molecule has 0 atom stereocenters. The van der Waals surface area contributed by atoms with Gasteiger partial charge < -0.3 is 5.84 Å². The molecule has 5 heavy (non-hydrogen) atoms. The van der Waals surface area contributed by atoms with Crippen LogP contribution in [0.5, 0.6) is 0 Å². The Bertz CT molecular complexity index is 45.6. The van der Waals surface area contributed by atoms with E-state index in [0.29, 0.717) is 0 Å². The van der Waals surface area contributed by atoms with Crippen LogP contribution in [0.25, 0.3) is 0 Å². The third-order valence-electron chi connectivity index (χ3n) is 0.178. The summed E-state index contributed by atoms with van der Waals surface area (Å²) in [7, 11) is 0. The fourth-order valence-corrected chi connectivity index (χ4v) is 0. The molecule has 0 aromatic heterocycles. The first-order chi connectivity index (χ1) is 2.27. The number of nitrogens with two attached hydrogens (primary N) is 1. The van der Waals surface area contributed by atoms with Crippen molar-refractivity contribution in [3.05, 3.63) is 0 Å². The molecule has 0 saturated carbocycles. The number of nitrogens with zero attached hydrogens (tertiary/aromatic N) is 1. The number of hydrogen-bond acceptors (Lipinski definition) is 2. The second-order valence-corrected chi connectivity index (χ2v) is 1.77. The second-order valence-electron chi connectivity index (χ2n) is 0.626. The highest BCUT2D eigenvalue weighted by atomic mass is 79.9. The van der Waals surface area contributed by atoms with Crippen LogP contribution in [0.1, 0.15) is 6.92 Å². The highest BCUT2D eigenvalue weighted by Gasteiger charge is 1.66. The highest BCUT2D eigenvalue weighted by Crippen LogP contribution is 1.79. The van der Waals surface area contributed by atoms with E-state index in [0.717, 1.165) is 4.62 Å². The summed E-state index contributed by atoms with van der Waals surface area (Å²) in [5.41, 5.74) is 0. The van der Waals surface area contributed by atoms with Crippen LogP contribution < -0.4 is 5.84 Å². The van der Waals surface area contributed by atoms with Gasteiger partial charge in [0.15, 0.2) is 0 Å². The Morgan fingerprint density at radius 2 is 2.20 bits per heavy atom. The summed E-state index contributed by atoms with van der Waals surface area (Å²) in [6.07, 6.45) is 0. The lowest BCUT2D eigenvalue weighted by Crippen LogP contribution is -1.82. The van der Waals surface area contributed by atoms with E-state index < -0.39 is 0 Å². The van der Waals surface area contributed by atoms with Crippen LogP contribution in [-0.2, 0) is 0 Å². The average Bonchev–Trinajstić information content (AvgIpc) is 1.38. The van der Waals surface area contributed by atoms with E-state index in [1.807, 2.05) is 0 Å². The lowest BCUT2D eigenvalue weighted by molar-refractivity contribution is 1.26. The fraction of sp³-hybridized carbons (Fsp3) is 0.500. The number of hydrazone groups is 1. The summed E-state index contributed by atoms with van der Waals surface area (Å²) in [5, 5.41) is 3.22. The predicted octanol–water partition coefficient (Wildman–Crippen LogP) is 0.673. The van der Waals surface area contributed by atoms with Crippen LogP contribution in [0.2, 0.25) is 0 Å². The van der Waals surface area contributed by atoms with Gasteiger partial charge in [-0.05, 0) is 22.9 Å². The van der Waals surface area contributed by atoms with E-state index in [4.69, 9.17) is 5.84 Å². The van der Waals surface area contributed by atoms with E-state index in [1.54, 1.807) is 6.92 Å². The average molecular weight is 137 g/mol. The molecule has 0 radical (unpaired) electrons. The molecular weight excluding hydrogens is 132 g/mol. The summed E-state index contributed by atoms with van der Waals surface area (Å²) < 4.78 is 0.720. The molecule has 0 fully saturated rings. The van der Waals surface area contributed by atoms with Crippen LogP contribution in [0.15, 0.2) is 5.10 Å². The second kappa shape index (κ2) is 2.20. The summed E-state index contributed by atoms with van der Waals surface area (Å²) in [6, 6.07) is 0. The summed E-state index contributed by atoms with van der Waals surface area (Å²) >= 11 is 3.00. The Balaban J connectivity index is 3.14. The molecule has 0 aromatic rings. The molecular formula is C2H5BrN2. The Morgan fingerprint density at radius 3 is 2.20 bits per heavy atom. The van der Waals surface area contributed by atoms with Gasteiger partial charge in [0.2, 0.25) is 0 Å². The lowest BCUT2D eigenvalue weighted by Gasteiger charge is -1.71. The fourth-order valence-electron chi connectivity index (χ4n) is 0. The van der Waals surface area contributed by atoms with Crippen molar-refractivity contribution in [2.45, 2.75) is 6.92 Å². The topological polar surface area (TPSA) is 38.4 Å². The van der Waals surface area contributed by atoms with Gasteiger partial charge in [0.25, 0.3) is 0 Å². The number of halogens is 1. The van der Waals surface area contributed by atoms with Crippen molar-refractivity contribution in [1.29, 1.82) is 0 Å². The number of rotatable bonds is 0. The maximum Gasteiger partial charge on any atom is 0.0994 e. The summed E-state index contributed by atoms with van der Waals surface area (Å²) in [4.78, 5) is 0. The Labute approximate surface area is 39.2 Å². The van der Waals surface area contributed by atoms with Crippen molar-refractivity contribution >= 4 is 20.6 Å². The van der Waals surface area contributed by atoms with Gasteiger partial charge in [-0.25, -0.2) is 0 Å². The molecule has 0 rings (SSSR count). The Kier molecular flexibility index (Phi) is 2.18. The van der Waals surface area contributed by atoms with Crippen LogP contribution in [0.4, 0.5) is 0 Å². The van der Waals surface area contributed by atoms with E-state index in [-0.39, 0.29) is 0 Å². The third kappa shape index (κ3) is 3.95. The first-order valence-corrected chi connectivity index (χ1v) is 1.96. The van der Waals surface area contributed by atoms with Gasteiger partial charge in [-0.2, -0.15) is 5.10 Å². The van der Waals surface area contributed by atoms with E-state index in [9.17, 15) is 0 Å². The Hall–Kier alpha value is -0.0500. The molecule has 3 heteroatoms. The van der Waals surface area contributed by atoms with Crippen molar-refractivity contribution < 1.29 is 0 Å². The van der Waals surface area contributed by atoms with Gasteiger partial charge in [-0.3, -0.25) is 0 Å². The van der Waals surface area contributed by atoms with Gasteiger partial charge in [-0.1, -0.05) is 0 Å². The zero-order valence-corrected chi connectivity index (χ0v) is 4.49. The maximum atomic E-state index is 4.71. The van der Waals surface area contributed by atoms with Gasteiger partial charge >= 0.3 is 0 Å². The minimum absolute atomic E-state index is 0.720. The quantitative estimate of drug-likeness (QED) is 0.297. The lowest BCUT2D eigenvalue weighted by atomic mass is 10.9. The first-order valence-electron chi connectivity index (χ1n) is 1.17. The molecule has 0 unspecified atom stereocenters. The highest BCUT2D eigenvalue weighted by molar-refractivity contribution is 9.18. The molecule has 0 aliphatic heterocycles. The van der Waals surface area contributed by atoms with Crippen molar-refractivity contribution in [2.75, 3.05) is 0 Å². The molecule has 30 valence electrons. The van der Waals surface area contributed by atoms with E-state index >= 15 is 0 Å². The van der Waals surface area contributed by atoms with Crippen molar-refractivity contribution in [3.63, 3.8) is 0 Å². The molecule has 0 aliphatic carbocycles. The van der Waals surface area contributed by atoms with Gasteiger partial charge in [0.05, 0.1) is 4.62 Å². The molecule has 0 amide bonds. The van der Waals surface area contributed by atoms with Gasteiger partial charge in [0, 0.05) is 0 Å². The maximum absolute atomic E-state index is 4.71. The first kappa shape index (κ1) is 4.95. The number of hydrogen-bond donors (Lipinski definition) is 1. The minimum Gasteiger partial charge on any atom is -0.323 e. The zero-order valence-electron chi connectivity index (χ0n) is 2.90. The van der Waals surface area contributed by atoms with Crippen molar-refractivity contribution in [3.8, 4) is 0 Å². The normalized spacial score (nSPS) is 12.0. The molecule has 0 bridgehead atoms. The minimum atomic E-state index is 0.720. The summed E-state index contributed by atoms with van der Waals surface area (Å²) in [5.74, 6) is 4.71. The zero-order chi connectivity index (χ0) is 4.28. The largest absolute Gasteiger partial charge is 0.323 e. The molecule has 0 heterocycles.